The van der Waals surface area contributed by atoms with Crippen molar-refractivity contribution in [3.8, 4) is 0 Å². The van der Waals surface area contributed by atoms with Gasteiger partial charge in [-0.05, 0) is 25.5 Å². The Labute approximate surface area is 84.2 Å². The Morgan fingerprint density at radius 3 is 2.93 bits per heavy atom. The smallest absolute Gasteiger partial charge is 0.146 e. The second-order valence-electron chi connectivity index (χ2n) is 3.64. The fourth-order valence-corrected chi connectivity index (χ4v) is 0.978. The van der Waals surface area contributed by atoms with Gasteiger partial charge in [0.25, 0.3) is 0 Å². The lowest BCUT2D eigenvalue weighted by atomic mass is 10.0. The van der Waals surface area contributed by atoms with Crippen molar-refractivity contribution in [3.63, 3.8) is 0 Å². The topological polar surface area (TPSA) is 71.2 Å². The number of nitrogen functional groups attached to an aromatic ring is 1. The largest absolute Gasteiger partial charge is 0.388 e. The molecule has 4 heteroatoms. The van der Waals surface area contributed by atoms with Gasteiger partial charge in [0, 0.05) is 12.7 Å². The lowest BCUT2D eigenvalue weighted by Crippen LogP contribution is -2.32. The number of hydrogen-bond acceptors (Lipinski definition) is 4. The molecule has 0 spiro atoms. The summed E-state index contributed by atoms with van der Waals surface area (Å²) in [7, 11) is 0. The first kappa shape index (κ1) is 10.8. The number of nitrogens with two attached hydrogens (primary N) is 1. The van der Waals surface area contributed by atoms with Gasteiger partial charge in [0.15, 0.2) is 0 Å². The zero-order valence-electron chi connectivity index (χ0n) is 8.62. The third-order valence-corrected chi connectivity index (χ3v) is 2.26. The maximum absolute atomic E-state index is 9.75. The Hall–Kier alpha value is -1.29. The molecule has 0 aliphatic heterocycles. The molecule has 0 aliphatic carbocycles. The van der Waals surface area contributed by atoms with Gasteiger partial charge in [-0.3, -0.25) is 0 Å². The molecule has 1 aromatic heterocycles. The van der Waals surface area contributed by atoms with Gasteiger partial charge >= 0.3 is 0 Å². The van der Waals surface area contributed by atoms with Gasteiger partial charge in [0.2, 0.25) is 0 Å². The summed E-state index contributed by atoms with van der Waals surface area (Å²) < 4.78 is 0. The summed E-state index contributed by atoms with van der Waals surface area (Å²) in [4.78, 5) is 3.94. The molecule has 78 valence electrons. The molecule has 1 unspecified atom stereocenters. The molecule has 4 nitrogen and oxygen atoms in total. The molecule has 1 atom stereocenters. The second kappa shape index (κ2) is 4.28. The first-order chi connectivity index (χ1) is 6.55. The number of rotatable bonds is 4. The van der Waals surface area contributed by atoms with E-state index in [0.29, 0.717) is 18.8 Å². The highest BCUT2D eigenvalue weighted by Crippen LogP contribution is 2.16. The highest BCUT2D eigenvalue weighted by Gasteiger charge is 2.17. The van der Waals surface area contributed by atoms with Crippen molar-refractivity contribution in [2.24, 2.45) is 0 Å². The van der Waals surface area contributed by atoms with Crippen LogP contribution in [0.2, 0.25) is 0 Å². The predicted molar refractivity (Wildman–Crippen MR) is 58.1 cm³/mol. The minimum absolute atomic E-state index is 0.458. The quantitative estimate of drug-likeness (QED) is 0.676. The fraction of sp³-hybridized carbons (Fsp3) is 0.500. The molecule has 1 heterocycles. The van der Waals surface area contributed by atoms with Crippen molar-refractivity contribution in [2.75, 3.05) is 17.6 Å². The lowest BCUT2D eigenvalue weighted by molar-refractivity contribution is 0.0697. The molecule has 14 heavy (non-hydrogen) atoms. The maximum Gasteiger partial charge on any atom is 0.146 e. The van der Waals surface area contributed by atoms with Crippen molar-refractivity contribution < 1.29 is 5.11 Å². The van der Waals surface area contributed by atoms with E-state index in [1.54, 1.807) is 19.2 Å². The normalized spacial score (nSPS) is 14.8. The Bertz CT molecular complexity index is 299. The van der Waals surface area contributed by atoms with Crippen LogP contribution in [0, 0.1) is 0 Å². The van der Waals surface area contributed by atoms with Crippen molar-refractivity contribution in [1.29, 1.82) is 0 Å². The van der Waals surface area contributed by atoms with Gasteiger partial charge in [0.05, 0.1) is 11.3 Å². The van der Waals surface area contributed by atoms with Gasteiger partial charge in [-0.2, -0.15) is 0 Å². The Kier molecular flexibility index (Phi) is 3.30. The molecule has 1 rings (SSSR count). The zero-order chi connectivity index (χ0) is 10.6. The van der Waals surface area contributed by atoms with Crippen LogP contribution in [-0.4, -0.2) is 22.2 Å². The number of hydrogen-bond donors (Lipinski definition) is 3. The number of anilines is 2. The van der Waals surface area contributed by atoms with Crippen LogP contribution in [0.3, 0.4) is 0 Å². The van der Waals surface area contributed by atoms with E-state index in [2.05, 4.69) is 10.3 Å². The number of pyridine rings is 1. The number of aliphatic hydroxyl groups is 1. The maximum atomic E-state index is 9.75. The molecule has 4 N–H and O–H groups in total. The van der Waals surface area contributed by atoms with Crippen LogP contribution in [0.4, 0.5) is 11.5 Å². The highest BCUT2D eigenvalue weighted by atomic mass is 16.3. The summed E-state index contributed by atoms with van der Waals surface area (Å²) >= 11 is 0. The van der Waals surface area contributed by atoms with Crippen LogP contribution in [-0.2, 0) is 0 Å². The SMILES string of the molecule is CCC(C)(O)CNc1cccnc1N. The van der Waals surface area contributed by atoms with Gasteiger partial charge in [0.1, 0.15) is 5.82 Å². The van der Waals surface area contributed by atoms with E-state index in [-0.39, 0.29) is 0 Å². The van der Waals surface area contributed by atoms with Crippen LogP contribution in [0.5, 0.6) is 0 Å². The van der Waals surface area contributed by atoms with Crippen molar-refractivity contribution in [2.45, 2.75) is 25.9 Å². The average Bonchev–Trinajstić information content (AvgIpc) is 2.17. The Balaban J connectivity index is 2.58. The van der Waals surface area contributed by atoms with E-state index >= 15 is 0 Å². The van der Waals surface area contributed by atoms with E-state index in [4.69, 9.17) is 5.73 Å². The van der Waals surface area contributed by atoms with Gasteiger partial charge < -0.3 is 16.2 Å². The van der Waals surface area contributed by atoms with Gasteiger partial charge in [-0.1, -0.05) is 6.92 Å². The lowest BCUT2D eigenvalue weighted by Gasteiger charge is -2.22. The molecular formula is C10H17N3O. The van der Waals surface area contributed by atoms with Crippen LogP contribution < -0.4 is 11.1 Å². The van der Waals surface area contributed by atoms with E-state index in [9.17, 15) is 5.11 Å². The molecule has 0 saturated carbocycles. The van der Waals surface area contributed by atoms with Crippen molar-refractivity contribution in [3.05, 3.63) is 18.3 Å². The molecule has 0 fully saturated rings. The monoisotopic (exact) mass is 195 g/mol. The van der Waals surface area contributed by atoms with Crippen LogP contribution >= 0.6 is 0 Å². The van der Waals surface area contributed by atoms with Gasteiger partial charge in [-0.25, -0.2) is 4.98 Å². The van der Waals surface area contributed by atoms with Crippen molar-refractivity contribution in [1.82, 2.24) is 4.98 Å². The van der Waals surface area contributed by atoms with Crippen molar-refractivity contribution >= 4 is 11.5 Å². The molecular weight excluding hydrogens is 178 g/mol. The molecule has 0 amide bonds. The minimum Gasteiger partial charge on any atom is -0.388 e. The third-order valence-electron chi connectivity index (χ3n) is 2.26. The summed E-state index contributed by atoms with van der Waals surface area (Å²) in [6.45, 7) is 4.19. The summed E-state index contributed by atoms with van der Waals surface area (Å²) in [6, 6.07) is 3.65. The standard InChI is InChI=1S/C10H17N3O/c1-3-10(2,14)7-13-8-5-4-6-12-9(8)11/h4-6,13-14H,3,7H2,1-2H3,(H2,11,12). The summed E-state index contributed by atoms with van der Waals surface area (Å²) in [5, 5.41) is 12.8. The summed E-state index contributed by atoms with van der Waals surface area (Å²) in [5.41, 5.74) is 5.70. The van der Waals surface area contributed by atoms with E-state index < -0.39 is 5.60 Å². The molecule has 0 saturated heterocycles. The average molecular weight is 195 g/mol. The van der Waals surface area contributed by atoms with Gasteiger partial charge in [-0.15, -0.1) is 0 Å². The molecule has 0 radical (unpaired) electrons. The van der Waals surface area contributed by atoms with E-state index in [1.165, 1.54) is 0 Å². The minimum atomic E-state index is -0.706. The Morgan fingerprint density at radius 2 is 2.36 bits per heavy atom. The van der Waals surface area contributed by atoms with E-state index in [0.717, 1.165) is 5.69 Å². The fourth-order valence-electron chi connectivity index (χ4n) is 0.978. The summed E-state index contributed by atoms with van der Waals surface area (Å²) in [6.07, 6.45) is 2.33. The molecule has 0 bridgehead atoms. The van der Waals surface area contributed by atoms with E-state index in [1.807, 2.05) is 13.0 Å². The molecule has 0 aromatic carbocycles. The first-order valence-electron chi connectivity index (χ1n) is 4.72. The third kappa shape index (κ3) is 2.88. The van der Waals surface area contributed by atoms with Crippen LogP contribution in [0.25, 0.3) is 0 Å². The highest BCUT2D eigenvalue weighted by molar-refractivity contribution is 5.60. The second-order valence-corrected chi connectivity index (χ2v) is 3.64. The zero-order valence-corrected chi connectivity index (χ0v) is 8.62. The molecule has 1 aromatic rings. The first-order valence-corrected chi connectivity index (χ1v) is 4.72. The number of nitrogens with one attached hydrogen (secondary N) is 1. The molecule has 0 aliphatic rings. The number of aromatic nitrogens is 1. The van der Waals surface area contributed by atoms with Crippen LogP contribution in [0.1, 0.15) is 20.3 Å². The predicted octanol–water partition coefficient (Wildman–Crippen LogP) is 1.24. The number of nitrogens with zero attached hydrogens (tertiary/aromatic N) is 1. The Morgan fingerprint density at radius 1 is 1.64 bits per heavy atom. The summed E-state index contributed by atoms with van der Waals surface area (Å²) in [5.74, 6) is 0.458. The van der Waals surface area contributed by atoms with Crippen LogP contribution in [0.15, 0.2) is 18.3 Å².